The molecule has 2 N–H and O–H groups in total. The standard InChI is InChI=1S/C9H18F3N3S/c1-3-13-8(15-6-7-16-2)14-5-4-9(10,11)12/h3-7H2,1-2H3,(H2,13,14,15). The van der Waals surface area contributed by atoms with Gasteiger partial charge in [-0.3, -0.25) is 4.99 Å². The van der Waals surface area contributed by atoms with E-state index in [4.69, 9.17) is 0 Å². The summed E-state index contributed by atoms with van der Waals surface area (Å²) < 4.78 is 35.7. The highest BCUT2D eigenvalue weighted by atomic mass is 32.2. The number of halogens is 3. The fourth-order valence-electron chi connectivity index (χ4n) is 0.908. The maximum Gasteiger partial charge on any atom is 0.390 e. The van der Waals surface area contributed by atoms with Gasteiger partial charge >= 0.3 is 6.18 Å². The second kappa shape index (κ2) is 8.55. The molecule has 0 atom stereocenters. The minimum Gasteiger partial charge on any atom is -0.357 e. The molecule has 0 aliphatic rings. The van der Waals surface area contributed by atoms with Gasteiger partial charge in [-0.1, -0.05) is 0 Å². The molecule has 0 fully saturated rings. The van der Waals surface area contributed by atoms with Gasteiger partial charge in [-0.2, -0.15) is 24.9 Å². The van der Waals surface area contributed by atoms with Crippen LogP contribution in [0.15, 0.2) is 4.99 Å². The molecule has 0 saturated heterocycles. The molecule has 0 amide bonds. The molecule has 0 saturated carbocycles. The molecule has 0 rings (SSSR count). The van der Waals surface area contributed by atoms with Crippen LogP contribution in [0.3, 0.4) is 0 Å². The smallest absolute Gasteiger partial charge is 0.357 e. The fourth-order valence-corrected chi connectivity index (χ4v) is 1.21. The lowest BCUT2D eigenvalue weighted by molar-refractivity contribution is -0.132. The first-order valence-corrected chi connectivity index (χ1v) is 6.47. The third-order valence-corrected chi connectivity index (χ3v) is 2.22. The zero-order valence-electron chi connectivity index (χ0n) is 9.52. The van der Waals surface area contributed by atoms with Gasteiger partial charge < -0.3 is 10.6 Å². The van der Waals surface area contributed by atoms with Gasteiger partial charge in [0.25, 0.3) is 0 Å². The van der Waals surface area contributed by atoms with Gasteiger partial charge in [0.05, 0.1) is 13.0 Å². The predicted molar refractivity (Wildman–Crippen MR) is 63.0 cm³/mol. The van der Waals surface area contributed by atoms with Crippen molar-refractivity contribution in [2.75, 3.05) is 31.6 Å². The van der Waals surface area contributed by atoms with Crippen LogP contribution in [-0.2, 0) is 0 Å². The van der Waals surface area contributed by atoms with Gasteiger partial charge in [0.2, 0.25) is 0 Å². The minimum absolute atomic E-state index is 0.238. The Labute approximate surface area is 98.3 Å². The Morgan fingerprint density at radius 1 is 1.31 bits per heavy atom. The summed E-state index contributed by atoms with van der Waals surface area (Å²) in [6, 6.07) is 0. The number of nitrogens with one attached hydrogen (secondary N) is 2. The molecule has 0 radical (unpaired) electrons. The number of guanidine groups is 1. The number of rotatable bonds is 6. The first-order chi connectivity index (χ1) is 7.49. The van der Waals surface area contributed by atoms with Gasteiger partial charge in [-0.15, -0.1) is 0 Å². The number of thioether (sulfide) groups is 1. The van der Waals surface area contributed by atoms with Crippen molar-refractivity contribution < 1.29 is 13.2 Å². The Morgan fingerprint density at radius 2 is 2.00 bits per heavy atom. The number of nitrogens with zero attached hydrogens (tertiary/aromatic N) is 1. The zero-order chi connectivity index (χ0) is 12.4. The SMILES string of the molecule is CCNC(=NCCC(F)(F)F)NCCSC. The van der Waals surface area contributed by atoms with Crippen molar-refractivity contribution in [1.29, 1.82) is 0 Å². The average Bonchev–Trinajstić information content (AvgIpc) is 2.16. The van der Waals surface area contributed by atoms with Crippen LogP contribution in [0.1, 0.15) is 13.3 Å². The van der Waals surface area contributed by atoms with Crippen LogP contribution in [0.5, 0.6) is 0 Å². The summed E-state index contributed by atoms with van der Waals surface area (Å²) >= 11 is 1.66. The topological polar surface area (TPSA) is 36.4 Å². The van der Waals surface area contributed by atoms with Crippen LogP contribution in [-0.4, -0.2) is 43.8 Å². The maximum absolute atomic E-state index is 11.9. The molecule has 0 aromatic rings. The fraction of sp³-hybridized carbons (Fsp3) is 0.889. The van der Waals surface area contributed by atoms with Crippen LogP contribution in [0.25, 0.3) is 0 Å². The molecule has 0 aliphatic carbocycles. The van der Waals surface area contributed by atoms with E-state index < -0.39 is 12.6 Å². The molecule has 16 heavy (non-hydrogen) atoms. The van der Waals surface area contributed by atoms with Gasteiger partial charge in [0, 0.05) is 18.8 Å². The average molecular weight is 257 g/mol. The predicted octanol–water partition coefficient (Wildman–Crippen LogP) is 1.86. The van der Waals surface area contributed by atoms with Crippen molar-refractivity contribution in [3.8, 4) is 0 Å². The second-order valence-electron chi connectivity index (χ2n) is 3.05. The van der Waals surface area contributed by atoms with E-state index in [0.717, 1.165) is 5.75 Å². The van der Waals surface area contributed by atoms with Gasteiger partial charge in [0.1, 0.15) is 0 Å². The van der Waals surface area contributed by atoms with Crippen LogP contribution >= 0.6 is 11.8 Å². The second-order valence-corrected chi connectivity index (χ2v) is 4.03. The van der Waals surface area contributed by atoms with Crippen molar-refractivity contribution in [3.05, 3.63) is 0 Å². The molecular formula is C9H18F3N3S. The molecule has 96 valence electrons. The van der Waals surface area contributed by atoms with Crippen molar-refractivity contribution in [3.63, 3.8) is 0 Å². The van der Waals surface area contributed by atoms with E-state index in [-0.39, 0.29) is 6.54 Å². The van der Waals surface area contributed by atoms with E-state index in [2.05, 4.69) is 15.6 Å². The van der Waals surface area contributed by atoms with Crippen molar-refractivity contribution in [2.24, 2.45) is 4.99 Å². The number of aliphatic imine (C=N–C) groups is 1. The quantitative estimate of drug-likeness (QED) is 0.433. The highest BCUT2D eigenvalue weighted by Gasteiger charge is 2.26. The summed E-state index contributed by atoms with van der Waals surface area (Å²) in [5.74, 6) is 1.34. The normalized spacial score (nSPS) is 12.7. The van der Waals surface area contributed by atoms with E-state index >= 15 is 0 Å². The highest BCUT2D eigenvalue weighted by Crippen LogP contribution is 2.18. The summed E-state index contributed by atoms with van der Waals surface area (Å²) in [5.41, 5.74) is 0. The van der Waals surface area contributed by atoms with Crippen LogP contribution in [0.2, 0.25) is 0 Å². The monoisotopic (exact) mass is 257 g/mol. The van der Waals surface area contributed by atoms with Gasteiger partial charge in [-0.25, -0.2) is 0 Å². The molecule has 0 aliphatic heterocycles. The van der Waals surface area contributed by atoms with Crippen LogP contribution < -0.4 is 10.6 Å². The first kappa shape index (κ1) is 15.4. The van der Waals surface area contributed by atoms with Crippen LogP contribution in [0.4, 0.5) is 13.2 Å². The number of alkyl halides is 3. The van der Waals surface area contributed by atoms with E-state index in [9.17, 15) is 13.2 Å². The van der Waals surface area contributed by atoms with Crippen molar-refractivity contribution >= 4 is 17.7 Å². The Kier molecular flexibility index (Phi) is 8.23. The number of hydrogen-bond acceptors (Lipinski definition) is 2. The summed E-state index contributed by atoms with van der Waals surface area (Å²) in [4.78, 5) is 3.84. The molecule has 0 spiro atoms. The third kappa shape index (κ3) is 9.95. The van der Waals surface area contributed by atoms with E-state index in [0.29, 0.717) is 19.0 Å². The summed E-state index contributed by atoms with van der Waals surface area (Å²) in [6.07, 6.45) is -3.05. The van der Waals surface area contributed by atoms with E-state index in [1.807, 2.05) is 13.2 Å². The van der Waals surface area contributed by atoms with Crippen LogP contribution in [0, 0.1) is 0 Å². The lowest BCUT2D eigenvalue weighted by Gasteiger charge is -2.11. The number of hydrogen-bond donors (Lipinski definition) is 2. The van der Waals surface area contributed by atoms with Gasteiger partial charge in [0.15, 0.2) is 5.96 Å². The molecule has 0 aromatic heterocycles. The van der Waals surface area contributed by atoms with Crippen molar-refractivity contribution in [2.45, 2.75) is 19.5 Å². The van der Waals surface area contributed by atoms with Crippen molar-refractivity contribution in [1.82, 2.24) is 10.6 Å². The lowest BCUT2D eigenvalue weighted by atomic mass is 10.4. The maximum atomic E-state index is 11.9. The molecule has 0 bridgehead atoms. The Morgan fingerprint density at radius 3 is 2.50 bits per heavy atom. The summed E-state index contributed by atoms with van der Waals surface area (Å²) in [7, 11) is 0. The minimum atomic E-state index is -4.14. The van der Waals surface area contributed by atoms with E-state index in [1.54, 1.807) is 11.8 Å². The van der Waals surface area contributed by atoms with E-state index in [1.165, 1.54) is 0 Å². The third-order valence-electron chi connectivity index (χ3n) is 1.61. The lowest BCUT2D eigenvalue weighted by Crippen LogP contribution is -2.38. The Balaban J connectivity index is 3.93. The molecular weight excluding hydrogens is 239 g/mol. The molecule has 7 heteroatoms. The van der Waals surface area contributed by atoms with Gasteiger partial charge in [-0.05, 0) is 13.2 Å². The Bertz CT molecular complexity index is 207. The molecule has 0 unspecified atom stereocenters. The summed E-state index contributed by atoms with van der Waals surface area (Å²) in [6.45, 7) is 2.96. The Hall–Kier alpha value is -0.590. The highest BCUT2D eigenvalue weighted by molar-refractivity contribution is 7.98. The molecule has 0 heterocycles. The summed E-state index contributed by atoms with van der Waals surface area (Å²) in [5, 5.41) is 5.85. The molecule has 3 nitrogen and oxygen atoms in total. The molecule has 0 aromatic carbocycles. The largest absolute Gasteiger partial charge is 0.390 e. The first-order valence-electron chi connectivity index (χ1n) is 5.07. The zero-order valence-corrected chi connectivity index (χ0v) is 10.3.